The van der Waals surface area contributed by atoms with Crippen LogP contribution in [0.4, 0.5) is 0 Å². The van der Waals surface area contributed by atoms with Gasteiger partial charge in [0.2, 0.25) is 0 Å². The van der Waals surface area contributed by atoms with Crippen LogP contribution in [0.1, 0.15) is 30.0 Å². The van der Waals surface area contributed by atoms with Crippen LogP contribution in [0.3, 0.4) is 0 Å². The van der Waals surface area contributed by atoms with Crippen LogP contribution in [0, 0.1) is 17.2 Å². The number of aromatic amines is 1. The Hall–Kier alpha value is -1.79. The molecule has 1 aliphatic rings. The second kappa shape index (κ2) is 3.90. The second-order valence-corrected chi connectivity index (χ2v) is 4.72. The summed E-state index contributed by atoms with van der Waals surface area (Å²) in [6.07, 6.45) is 4.70. The van der Waals surface area contributed by atoms with E-state index in [0.717, 1.165) is 11.4 Å². The number of hydrogen-bond donors (Lipinski definition) is 2. The number of nitrogens with zero attached hydrogens (tertiary/aromatic N) is 1. The minimum absolute atomic E-state index is 0.441. The van der Waals surface area contributed by atoms with Gasteiger partial charge < -0.3 is 10.3 Å². The van der Waals surface area contributed by atoms with Crippen molar-refractivity contribution in [2.75, 3.05) is 7.05 Å². The third kappa shape index (κ3) is 1.71. The number of rotatable bonds is 3. The predicted octanol–water partition coefficient (Wildman–Crippen LogP) is 2.71. The molecular formula is C14H15N3. The first-order chi connectivity index (χ1) is 8.33. The van der Waals surface area contributed by atoms with Crippen molar-refractivity contribution in [2.24, 2.45) is 5.92 Å². The van der Waals surface area contributed by atoms with Crippen LogP contribution in [0.25, 0.3) is 10.9 Å². The summed E-state index contributed by atoms with van der Waals surface area (Å²) in [5.74, 6) is 0.773. The molecule has 1 aliphatic carbocycles. The van der Waals surface area contributed by atoms with E-state index in [-0.39, 0.29) is 0 Å². The smallest absolute Gasteiger partial charge is 0.0992 e. The van der Waals surface area contributed by atoms with E-state index in [1.54, 1.807) is 0 Å². The number of fused-ring (bicyclic) bond motifs is 1. The van der Waals surface area contributed by atoms with Crippen molar-refractivity contribution in [3.05, 3.63) is 35.5 Å². The van der Waals surface area contributed by atoms with Gasteiger partial charge in [-0.05, 0) is 43.5 Å². The van der Waals surface area contributed by atoms with Crippen molar-refractivity contribution in [1.82, 2.24) is 10.3 Å². The van der Waals surface area contributed by atoms with E-state index in [1.165, 1.54) is 23.8 Å². The highest BCUT2D eigenvalue weighted by Gasteiger charge is 2.32. The Morgan fingerprint density at radius 1 is 1.47 bits per heavy atom. The van der Waals surface area contributed by atoms with E-state index in [4.69, 9.17) is 5.26 Å². The Morgan fingerprint density at radius 2 is 2.29 bits per heavy atom. The highest BCUT2D eigenvalue weighted by Crippen LogP contribution is 2.42. The van der Waals surface area contributed by atoms with Crippen LogP contribution < -0.4 is 5.32 Å². The molecule has 1 unspecified atom stereocenters. The minimum Gasteiger partial charge on any atom is -0.361 e. The normalized spacial score (nSPS) is 16.9. The molecule has 1 aromatic heterocycles. The summed E-state index contributed by atoms with van der Waals surface area (Å²) < 4.78 is 0. The number of nitrogens with one attached hydrogen (secondary N) is 2. The molecule has 2 aromatic rings. The Morgan fingerprint density at radius 3 is 2.94 bits per heavy atom. The zero-order chi connectivity index (χ0) is 11.8. The van der Waals surface area contributed by atoms with Crippen LogP contribution in [0.2, 0.25) is 0 Å². The SMILES string of the molecule is CNC(c1c[nH]c2cc(C#N)ccc12)C1CC1. The van der Waals surface area contributed by atoms with Gasteiger partial charge in [0, 0.05) is 23.1 Å². The van der Waals surface area contributed by atoms with Gasteiger partial charge >= 0.3 is 0 Å². The molecule has 0 radical (unpaired) electrons. The summed E-state index contributed by atoms with van der Waals surface area (Å²) >= 11 is 0. The molecule has 0 saturated heterocycles. The number of hydrogen-bond acceptors (Lipinski definition) is 2. The number of benzene rings is 1. The highest BCUT2D eigenvalue weighted by molar-refractivity contribution is 5.85. The maximum atomic E-state index is 8.88. The predicted molar refractivity (Wildman–Crippen MR) is 67.5 cm³/mol. The van der Waals surface area contributed by atoms with Crippen LogP contribution in [0.5, 0.6) is 0 Å². The Kier molecular flexibility index (Phi) is 2.38. The first-order valence-corrected chi connectivity index (χ1v) is 6.02. The monoisotopic (exact) mass is 225 g/mol. The lowest BCUT2D eigenvalue weighted by molar-refractivity contribution is 0.532. The van der Waals surface area contributed by atoms with Gasteiger partial charge in [0.15, 0.2) is 0 Å². The summed E-state index contributed by atoms with van der Waals surface area (Å²) in [5, 5.41) is 13.5. The number of aromatic nitrogens is 1. The van der Waals surface area contributed by atoms with Crippen molar-refractivity contribution in [2.45, 2.75) is 18.9 Å². The Labute approximate surface area is 100 Å². The topological polar surface area (TPSA) is 51.6 Å². The number of H-pyrrole nitrogens is 1. The fourth-order valence-electron chi connectivity index (χ4n) is 2.55. The van der Waals surface area contributed by atoms with E-state index in [1.807, 2.05) is 25.2 Å². The highest BCUT2D eigenvalue weighted by atomic mass is 14.9. The minimum atomic E-state index is 0.441. The molecule has 3 rings (SSSR count). The molecule has 2 N–H and O–H groups in total. The summed E-state index contributed by atoms with van der Waals surface area (Å²) in [5.41, 5.74) is 3.09. The van der Waals surface area contributed by atoms with E-state index < -0.39 is 0 Å². The van der Waals surface area contributed by atoms with E-state index in [2.05, 4.69) is 22.6 Å². The third-order valence-electron chi connectivity index (χ3n) is 3.58. The van der Waals surface area contributed by atoms with Gasteiger partial charge in [-0.1, -0.05) is 6.07 Å². The van der Waals surface area contributed by atoms with Crippen molar-refractivity contribution >= 4 is 10.9 Å². The average molecular weight is 225 g/mol. The molecule has 3 nitrogen and oxygen atoms in total. The standard InChI is InChI=1S/C14H15N3/c1-16-14(10-3-4-10)12-8-17-13-6-9(7-15)2-5-11(12)13/h2,5-6,8,10,14,16-17H,3-4H2,1H3. The van der Waals surface area contributed by atoms with Gasteiger partial charge in [0.05, 0.1) is 11.6 Å². The molecular weight excluding hydrogens is 210 g/mol. The molecule has 0 aliphatic heterocycles. The largest absolute Gasteiger partial charge is 0.361 e. The van der Waals surface area contributed by atoms with Gasteiger partial charge in [0.25, 0.3) is 0 Å². The zero-order valence-electron chi connectivity index (χ0n) is 9.83. The van der Waals surface area contributed by atoms with Crippen molar-refractivity contribution in [3.8, 4) is 6.07 Å². The van der Waals surface area contributed by atoms with Crippen LogP contribution in [0.15, 0.2) is 24.4 Å². The molecule has 17 heavy (non-hydrogen) atoms. The average Bonchev–Trinajstić information content (AvgIpc) is 3.11. The first-order valence-electron chi connectivity index (χ1n) is 6.02. The van der Waals surface area contributed by atoms with Gasteiger partial charge in [-0.2, -0.15) is 5.26 Å². The summed E-state index contributed by atoms with van der Waals surface area (Å²) in [6.45, 7) is 0. The van der Waals surface area contributed by atoms with E-state index >= 15 is 0 Å². The van der Waals surface area contributed by atoms with Crippen LogP contribution in [-0.2, 0) is 0 Å². The summed E-state index contributed by atoms with van der Waals surface area (Å²) in [7, 11) is 2.02. The van der Waals surface area contributed by atoms with Crippen molar-refractivity contribution in [1.29, 1.82) is 5.26 Å². The lowest BCUT2D eigenvalue weighted by Gasteiger charge is -2.14. The molecule has 0 spiro atoms. The molecule has 1 heterocycles. The molecule has 1 saturated carbocycles. The van der Waals surface area contributed by atoms with Gasteiger partial charge in [-0.3, -0.25) is 0 Å². The fraction of sp³-hybridized carbons (Fsp3) is 0.357. The maximum absolute atomic E-state index is 8.88. The number of nitriles is 1. The van der Waals surface area contributed by atoms with Gasteiger partial charge in [0.1, 0.15) is 0 Å². The Bertz CT molecular complexity index is 587. The third-order valence-corrected chi connectivity index (χ3v) is 3.58. The summed E-state index contributed by atoms with van der Waals surface area (Å²) in [4.78, 5) is 3.27. The molecule has 1 atom stereocenters. The van der Waals surface area contributed by atoms with Crippen molar-refractivity contribution in [3.63, 3.8) is 0 Å². The molecule has 3 heteroatoms. The van der Waals surface area contributed by atoms with Crippen molar-refractivity contribution < 1.29 is 0 Å². The quantitative estimate of drug-likeness (QED) is 0.843. The molecule has 0 bridgehead atoms. The molecule has 1 fully saturated rings. The molecule has 0 amide bonds. The molecule has 86 valence electrons. The maximum Gasteiger partial charge on any atom is 0.0992 e. The first kappa shape index (κ1) is 10.4. The second-order valence-electron chi connectivity index (χ2n) is 4.72. The lowest BCUT2D eigenvalue weighted by Crippen LogP contribution is -2.17. The molecule has 1 aromatic carbocycles. The van der Waals surface area contributed by atoms with Gasteiger partial charge in [-0.15, -0.1) is 0 Å². The van der Waals surface area contributed by atoms with Crippen LogP contribution in [-0.4, -0.2) is 12.0 Å². The van der Waals surface area contributed by atoms with Gasteiger partial charge in [-0.25, -0.2) is 0 Å². The van der Waals surface area contributed by atoms with E-state index in [9.17, 15) is 0 Å². The Balaban J connectivity index is 2.08. The van der Waals surface area contributed by atoms with E-state index in [0.29, 0.717) is 11.6 Å². The van der Waals surface area contributed by atoms with Crippen LogP contribution >= 0.6 is 0 Å². The fourth-order valence-corrected chi connectivity index (χ4v) is 2.55. The lowest BCUT2D eigenvalue weighted by atomic mass is 10.0. The summed E-state index contributed by atoms with van der Waals surface area (Å²) in [6, 6.07) is 8.46. The zero-order valence-corrected chi connectivity index (χ0v) is 9.83.